The van der Waals surface area contributed by atoms with Crippen molar-refractivity contribution in [3.05, 3.63) is 99.9 Å². The summed E-state index contributed by atoms with van der Waals surface area (Å²) in [5.74, 6) is -0.749. The van der Waals surface area contributed by atoms with Crippen LogP contribution in [0, 0.1) is 15.9 Å². The Balaban J connectivity index is 1.66. The van der Waals surface area contributed by atoms with Gasteiger partial charge in [-0.1, -0.05) is 18.2 Å². The number of anilines is 1. The molecule has 0 radical (unpaired) electrons. The van der Waals surface area contributed by atoms with Crippen molar-refractivity contribution in [2.45, 2.75) is 11.4 Å². The number of carbonyl (C=O) groups is 1. The normalized spacial score (nSPS) is 11.0. The molecule has 8 nitrogen and oxygen atoms in total. The van der Waals surface area contributed by atoms with Crippen molar-refractivity contribution in [3.8, 4) is 0 Å². The van der Waals surface area contributed by atoms with Gasteiger partial charge in [0.1, 0.15) is 5.82 Å². The van der Waals surface area contributed by atoms with Crippen molar-refractivity contribution < 1.29 is 22.5 Å². The predicted octanol–water partition coefficient (Wildman–Crippen LogP) is 3.46. The molecule has 1 amide bonds. The summed E-state index contributed by atoms with van der Waals surface area (Å²) >= 11 is 0. The summed E-state index contributed by atoms with van der Waals surface area (Å²) in [5, 5.41) is 13.5. The summed E-state index contributed by atoms with van der Waals surface area (Å²) in [6, 6.07) is 16.1. The van der Waals surface area contributed by atoms with Crippen LogP contribution < -0.4 is 10.0 Å². The van der Waals surface area contributed by atoms with Gasteiger partial charge in [0.15, 0.2) is 0 Å². The molecule has 0 heterocycles. The Morgan fingerprint density at radius 2 is 1.67 bits per heavy atom. The lowest BCUT2D eigenvalue weighted by molar-refractivity contribution is -0.385. The van der Waals surface area contributed by atoms with E-state index in [-0.39, 0.29) is 34.5 Å². The summed E-state index contributed by atoms with van der Waals surface area (Å²) in [4.78, 5) is 22.1. The molecule has 0 fully saturated rings. The number of hydrogen-bond acceptors (Lipinski definition) is 5. The van der Waals surface area contributed by atoms with E-state index >= 15 is 0 Å². The number of sulfonamides is 1. The number of nitrogens with zero attached hydrogens (tertiary/aromatic N) is 1. The zero-order valence-corrected chi connectivity index (χ0v) is 16.2. The van der Waals surface area contributed by atoms with Crippen LogP contribution in [0.3, 0.4) is 0 Å². The molecule has 0 unspecified atom stereocenters. The Kier molecular flexibility index (Phi) is 6.07. The highest BCUT2D eigenvalue weighted by atomic mass is 32.2. The fourth-order valence-electron chi connectivity index (χ4n) is 2.55. The minimum atomic E-state index is -4.04. The van der Waals surface area contributed by atoms with Gasteiger partial charge in [0.25, 0.3) is 21.6 Å². The van der Waals surface area contributed by atoms with Crippen LogP contribution >= 0.6 is 0 Å². The number of nitrogens with one attached hydrogen (secondary N) is 2. The third kappa shape index (κ3) is 5.17. The first-order valence-corrected chi connectivity index (χ1v) is 10.1. The van der Waals surface area contributed by atoms with E-state index in [2.05, 4.69) is 10.0 Å². The van der Waals surface area contributed by atoms with Crippen LogP contribution in [0.15, 0.2) is 77.7 Å². The number of nitro benzene ring substituents is 1. The maximum atomic E-state index is 12.9. The highest BCUT2D eigenvalue weighted by Gasteiger charge is 2.18. The number of halogens is 1. The van der Waals surface area contributed by atoms with E-state index in [1.54, 1.807) is 12.1 Å². The van der Waals surface area contributed by atoms with Crippen molar-refractivity contribution in [1.29, 1.82) is 0 Å². The Hall–Kier alpha value is -3.79. The van der Waals surface area contributed by atoms with Crippen molar-refractivity contribution in [2.24, 2.45) is 0 Å². The number of hydrogen-bond donors (Lipinski definition) is 2. The topological polar surface area (TPSA) is 118 Å². The Labute approximate surface area is 171 Å². The fraction of sp³-hybridized carbons (Fsp3) is 0.0500. The van der Waals surface area contributed by atoms with Gasteiger partial charge in [0, 0.05) is 29.9 Å². The van der Waals surface area contributed by atoms with Gasteiger partial charge in [-0.25, -0.2) is 12.8 Å². The monoisotopic (exact) mass is 429 g/mol. The molecule has 10 heteroatoms. The smallest absolute Gasteiger partial charge is 0.270 e. The van der Waals surface area contributed by atoms with Gasteiger partial charge in [-0.2, -0.15) is 0 Å². The minimum absolute atomic E-state index is 0.191. The van der Waals surface area contributed by atoms with Gasteiger partial charge in [0.05, 0.1) is 9.82 Å². The van der Waals surface area contributed by atoms with E-state index in [0.717, 1.165) is 11.6 Å². The second kappa shape index (κ2) is 8.70. The largest absolute Gasteiger partial charge is 0.348 e. The number of amides is 1. The molecule has 0 bridgehead atoms. The molecule has 0 saturated heterocycles. The standard InChI is InChI=1S/C20H16FN3O5S/c21-16-8-4-14(5-9-16)13-22-20(25)15-6-10-17(11-7-15)23-30(28,29)19-3-1-2-18(12-19)24(26)27/h1-12,23H,13H2,(H,22,25). The van der Waals surface area contributed by atoms with Crippen molar-refractivity contribution in [3.63, 3.8) is 0 Å². The zero-order chi connectivity index (χ0) is 21.7. The molecule has 154 valence electrons. The van der Waals surface area contributed by atoms with Gasteiger partial charge in [-0.05, 0) is 48.0 Å². The van der Waals surface area contributed by atoms with Gasteiger partial charge in [-0.15, -0.1) is 0 Å². The van der Waals surface area contributed by atoms with Gasteiger partial charge < -0.3 is 5.32 Å². The number of non-ortho nitro benzene ring substituents is 1. The maximum absolute atomic E-state index is 12.9. The third-order valence-electron chi connectivity index (χ3n) is 4.10. The highest BCUT2D eigenvalue weighted by Crippen LogP contribution is 2.20. The summed E-state index contributed by atoms with van der Waals surface area (Å²) < 4.78 is 40.1. The summed E-state index contributed by atoms with van der Waals surface area (Å²) in [5.41, 5.74) is 0.879. The second-order valence-electron chi connectivity index (χ2n) is 6.25. The first kappa shape index (κ1) is 20.9. The van der Waals surface area contributed by atoms with E-state index in [4.69, 9.17) is 0 Å². The SMILES string of the molecule is O=C(NCc1ccc(F)cc1)c1ccc(NS(=O)(=O)c2cccc([N+](=O)[O-])c2)cc1. The van der Waals surface area contributed by atoms with Gasteiger partial charge in [-0.3, -0.25) is 19.6 Å². The molecule has 3 aromatic carbocycles. The van der Waals surface area contributed by atoms with Gasteiger partial charge in [0.2, 0.25) is 0 Å². The lowest BCUT2D eigenvalue weighted by atomic mass is 10.2. The van der Waals surface area contributed by atoms with Crippen LogP contribution in [-0.2, 0) is 16.6 Å². The van der Waals surface area contributed by atoms with Crippen LogP contribution in [0.4, 0.5) is 15.8 Å². The average Bonchev–Trinajstić information content (AvgIpc) is 2.73. The number of rotatable bonds is 7. The molecule has 0 aliphatic heterocycles. The molecule has 2 N–H and O–H groups in total. The van der Waals surface area contributed by atoms with E-state index in [9.17, 15) is 27.7 Å². The van der Waals surface area contributed by atoms with Crippen LogP contribution in [0.1, 0.15) is 15.9 Å². The number of carbonyl (C=O) groups excluding carboxylic acids is 1. The van der Waals surface area contributed by atoms with E-state index < -0.39 is 14.9 Å². The first-order valence-electron chi connectivity index (χ1n) is 8.64. The Morgan fingerprint density at radius 1 is 1.00 bits per heavy atom. The average molecular weight is 429 g/mol. The Morgan fingerprint density at radius 3 is 2.30 bits per heavy atom. The molecule has 0 atom stereocenters. The fourth-order valence-corrected chi connectivity index (χ4v) is 3.65. The number of nitro groups is 1. The lowest BCUT2D eigenvalue weighted by Crippen LogP contribution is -2.22. The minimum Gasteiger partial charge on any atom is -0.348 e. The van der Waals surface area contributed by atoms with E-state index in [1.807, 2.05) is 0 Å². The zero-order valence-electron chi connectivity index (χ0n) is 15.4. The van der Waals surface area contributed by atoms with Crippen molar-refractivity contribution in [1.82, 2.24) is 5.32 Å². The quantitative estimate of drug-likeness (QED) is 0.440. The molecular weight excluding hydrogens is 413 g/mol. The van der Waals surface area contributed by atoms with Crippen LogP contribution in [0.5, 0.6) is 0 Å². The molecule has 3 aromatic rings. The van der Waals surface area contributed by atoms with Crippen molar-refractivity contribution in [2.75, 3.05) is 4.72 Å². The van der Waals surface area contributed by atoms with Gasteiger partial charge >= 0.3 is 0 Å². The van der Waals surface area contributed by atoms with Crippen LogP contribution in [0.2, 0.25) is 0 Å². The molecule has 0 aromatic heterocycles. The second-order valence-corrected chi connectivity index (χ2v) is 7.93. The molecule has 30 heavy (non-hydrogen) atoms. The molecule has 3 rings (SSSR count). The highest BCUT2D eigenvalue weighted by molar-refractivity contribution is 7.92. The molecule has 0 aliphatic rings. The third-order valence-corrected chi connectivity index (χ3v) is 5.48. The molecule has 0 spiro atoms. The predicted molar refractivity (Wildman–Crippen MR) is 108 cm³/mol. The van der Waals surface area contributed by atoms with E-state index in [1.165, 1.54) is 54.6 Å². The molecular formula is C20H16FN3O5S. The summed E-state index contributed by atoms with van der Waals surface area (Å²) in [6.45, 7) is 0.209. The Bertz CT molecular complexity index is 1180. The first-order chi connectivity index (χ1) is 14.2. The number of benzene rings is 3. The van der Waals surface area contributed by atoms with Crippen molar-refractivity contribution >= 4 is 27.3 Å². The molecule has 0 aliphatic carbocycles. The van der Waals surface area contributed by atoms with Crippen LogP contribution in [-0.4, -0.2) is 19.2 Å². The summed E-state index contributed by atoms with van der Waals surface area (Å²) in [7, 11) is -4.04. The molecule has 0 saturated carbocycles. The summed E-state index contributed by atoms with van der Waals surface area (Å²) in [6.07, 6.45) is 0. The van der Waals surface area contributed by atoms with Crippen LogP contribution in [0.25, 0.3) is 0 Å². The maximum Gasteiger partial charge on any atom is 0.270 e. The lowest BCUT2D eigenvalue weighted by Gasteiger charge is -2.09. The van der Waals surface area contributed by atoms with E-state index in [0.29, 0.717) is 5.56 Å².